The molecule has 2 amide bonds. The highest BCUT2D eigenvalue weighted by atomic mass is 127. The maximum Gasteiger partial charge on any atom is 0.262 e. The second kappa shape index (κ2) is 9.35. The first-order valence-electron chi connectivity index (χ1n) is 11.7. The van der Waals surface area contributed by atoms with Crippen molar-refractivity contribution in [2.75, 3.05) is 0 Å². The Labute approximate surface area is 224 Å². The molecule has 0 bridgehead atoms. The number of phenolic OH excluding ortho intramolecular Hbond substituents is 1. The van der Waals surface area contributed by atoms with Gasteiger partial charge in [-0.05, 0) is 116 Å². The van der Waals surface area contributed by atoms with Gasteiger partial charge in [0.25, 0.3) is 5.91 Å². The summed E-state index contributed by atoms with van der Waals surface area (Å²) in [5, 5.41) is 13.4. The van der Waals surface area contributed by atoms with Crippen LogP contribution in [0.3, 0.4) is 0 Å². The van der Waals surface area contributed by atoms with E-state index < -0.39 is 17.1 Å². The lowest BCUT2D eigenvalue weighted by atomic mass is 9.81. The van der Waals surface area contributed by atoms with Crippen LogP contribution in [0.5, 0.6) is 5.75 Å². The zero-order valence-electron chi connectivity index (χ0n) is 20.9. The molecule has 0 fully saturated rings. The second-order valence-electron chi connectivity index (χ2n) is 10.3. The molecule has 1 aliphatic heterocycles. The number of carbonyl (C=O) groups is 3. The van der Waals surface area contributed by atoms with E-state index in [4.69, 9.17) is 0 Å². The number of aryl methyl sites for hydroxylation is 2. The Hall–Kier alpha value is -3.20. The maximum absolute atomic E-state index is 14.0. The normalized spacial score (nSPS) is 17.8. The minimum Gasteiger partial charge on any atom is -0.507 e. The van der Waals surface area contributed by atoms with Gasteiger partial charge in [0.2, 0.25) is 5.91 Å². The minimum absolute atomic E-state index is 0.150. The molecule has 1 heterocycles. The van der Waals surface area contributed by atoms with Gasteiger partial charge in [-0.1, -0.05) is 30.3 Å². The van der Waals surface area contributed by atoms with Gasteiger partial charge in [-0.3, -0.25) is 14.4 Å². The van der Waals surface area contributed by atoms with Gasteiger partial charge in [-0.15, -0.1) is 0 Å². The number of amides is 2. The maximum atomic E-state index is 14.0. The third-order valence-corrected chi connectivity index (χ3v) is 7.33. The summed E-state index contributed by atoms with van der Waals surface area (Å²) >= 11 is 2.04. The molecule has 36 heavy (non-hydrogen) atoms. The fourth-order valence-electron chi connectivity index (χ4n) is 4.83. The van der Waals surface area contributed by atoms with Crippen LogP contribution < -0.4 is 5.32 Å². The van der Waals surface area contributed by atoms with E-state index in [1.807, 2.05) is 73.7 Å². The van der Waals surface area contributed by atoms with E-state index in [-0.39, 0.29) is 23.3 Å². The van der Waals surface area contributed by atoms with Gasteiger partial charge in [0.05, 0.1) is 3.58 Å². The average Bonchev–Trinajstić information content (AvgIpc) is 3.00. The first kappa shape index (κ1) is 25.9. The molecule has 0 saturated carbocycles. The topological polar surface area (TPSA) is 86.7 Å². The molecule has 186 valence electrons. The number of nitrogens with one attached hydrogen (secondary N) is 1. The van der Waals surface area contributed by atoms with Gasteiger partial charge in [-0.2, -0.15) is 0 Å². The van der Waals surface area contributed by atoms with Crippen molar-refractivity contribution in [2.45, 2.75) is 51.7 Å². The average molecular weight is 596 g/mol. The van der Waals surface area contributed by atoms with Crippen molar-refractivity contribution in [3.63, 3.8) is 0 Å². The van der Waals surface area contributed by atoms with Crippen molar-refractivity contribution in [2.24, 2.45) is 0 Å². The number of nitrogens with zero attached hydrogens (tertiary/aromatic N) is 1. The Morgan fingerprint density at radius 1 is 1.03 bits per heavy atom. The van der Waals surface area contributed by atoms with Gasteiger partial charge < -0.3 is 15.3 Å². The molecule has 0 saturated heterocycles. The van der Waals surface area contributed by atoms with Gasteiger partial charge in [-0.25, -0.2) is 0 Å². The molecule has 6 nitrogen and oxygen atoms in total. The van der Waals surface area contributed by atoms with Crippen LogP contribution in [0.1, 0.15) is 49.1 Å². The van der Waals surface area contributed by atoms with Crippen LogP contribution in [-0.4, -0.2) is 38.7 Å². The summed E-state index contributed by atoms with van der Waals surface area (Å²) in [6, 6.07) is 12.0. The molecule has 2 aliphatic rings. The Kier molecular flexibility index (Phi) is 6.72. The molecule has 1 spiro atoms. The van der Waals surface area contributed by atoms with Crippen LogP contribution in [0.4, 0.5) is 0 Å². The van der Waals surface area contributed by atoms with Gasteiger partial charge in [0.1, 0.15) is 17.3 Å². The Morgan fingerprint density at radius 2 is 1.58 bits per heavy atom. The Morgan fingerprint density at radius 3 is 2.11 bits per heavy atom. The van der Waals surface area contributed by atoms with Crippen LogP contribution in [0.15, 0.2) is 70.3 Å². The first-order valence-corrected chi connectivity index (χ1v) is 12.8. The van der Waals surface area contributed by atoms with E-state index in [0.717, 1.165) is 11.1 Å². The van der Waals surface area contributed by atoms with Crippen LogP contribution in [0, 0.1) is 13.8 Å². The van der Waals surface area contributed by atoms with Crippen molar-refractivity contribution < 1.29 is 19.5 Å². The lowest BCUT2D eigenvalue weighted by molar-refractivity contribution is -0.139. The summed E-state index contributed by atoms with van der Waals surface area (Å²) in [4.78, 5) is 41.7. The van der Waals surface area contributed by atoms with E-state index in [1.54, 1.807) is 43.0 Å². The minimum atomic E-state index is -1.15. The number of aromatic hydroxyl groups is 1. The van der Waals surface area contributed by atoms with E-state index in [1.165, 1.54) is 12.2 Å². The van der Waals surface area contributed by atoms with E-state index in [2.05, 4.69) is 5.32 Å². The van der Waals surface area contributed by atoms with Gasteiger partial charge >= 0.3 is 0 Å². The van der Waals surface area contributed by atoms with Crippen molar-refractivity contribution in [1.82, 2.24) is 10.2 Å². The highest BCUT2D eigenvalue weighted by Gasteiger charge is 2.54. The van der Waals surface area contributed by atoms with Crippen molar-refractivity contribution in [1.29, 1.82) is 0 Å². The lowest BCUT2D eigenvalue weighted by Gasteiger charge is -2.42. The lowest BCUT2D eigenvalue weighted by Crippen LogP contribution is -2.54. The number of halogens is 1. The van der Waals surface area contributed by atoms with E-state index >= 15 is 0 Å². The smallest absolute Gasteiger partial charge is 0.262 e. The summed E-state index contributed by atoms with van der Waals surface area (Å²) in [5.74, 6) is -0.696. The fourth-order valence-corrected chi connectivity index (χ4v) is 5.83. The summed E-state index contributed by atoms with van der Waals surface area (Å²) in [5.41, 5.74) is 1.63. The Bertz CT molecular complexity index is 1310. The monoisotopic (exact) mass is 596 g/mol. The fraction of sp³-hybridized carbons (Fsp3) is 0.276. The van der Waals surface area contributed by atoms with Crippen LogP contribution >= 0.6 is 22.6 Å². The molecular formula is C29H29IN2O4. The van der Waals surface area contributed by atoms with Crippen molar-refractivity contribution >= 4 is 45.8 Å². The summed E-state index contributed by atoms with van der Waals surface area (Å²) in [7, 11) is 0. The number of carbonyl (C=O) groups excluding carboxylic acids is 3. The molecule has 7 heteroatoms. The van der Waals surface area contributed by atoms with Crippen LogP contribution in [0.2, 0.25) is 0 Å². The van der Waals surface area contributed by atoms with Crippen LogP contribution in [-0.2, 0) is 14.4 Å². The van der Waals surface area contributed by atoms with Crippen molar-refractivity contribution in [3.8, 4) is 5.75 Å². The molecule has 2 aromatic rings. The standard InChI is InChI=1S/C29H29IN2O4/c1-17-15-20(16-18(2)25(17)34)24(26(35)31-28(3,4)5)32-27(36)23(30)22(19-9-7-6-8-10-19)29(32)13-11-21(33)12-14-29/h6-16,24,34H,1-5H3,(H,31,35). The zero-order chi connectivity index (χ0) is 26.4. The van der Waals surface area contributed by atoms with Crippen LogP contribution in [0.25, 0.3) is 5.57 Å². The number of benzene rings is 2. The molecule has 2 N–H and O–H groups in total. The number of hydrogen-bond donors (Lipinski definition) is 2. The second-order valence-corrected chi connectivity index (χ2v) is 11.3. The van der Waals surface area contributed by atoms with Gasteiger partial charge in [0.15, 0.2) is 5.78 Å². The molecule has 0 radical (unpaired) electrons. The molecule has 0 aromatic heterocycles. The van der Waals surface area contributed by atoms with Gasteiger partial charge in [0, 0.05) is 11.1 Å². The van der Waals surface area contributed by atoms with E-state index in [0.29, 0.717) is 20.3 Å². The third kappa shape index (κ3) is 4.52. The first-order chi connectivity index (χ1) is 16.9. The predicted octanol–water partition coefficient (Wildman–Crippen LogP) is 5.09. The zero-order valence-corrected chi connectivity index (χ0v) is 23.1. The number of hydrogen-bond acceptors (Lipinski definition) is 4. The molecule has 1 aliphatic carbocycles. The number of ketones is 1. The number of phenols is 1. The summed E-state index contributed by atoms with van der Waals surface area (Å²) in [6.45, 7) is 9.18. The number of allylic oxidation sites excluding steroid dienone is 2. The Balaban J connectivity index is 1.99. The molecular weight excluding hydrogens is 567 g/mol. The summed E-state index contributed by atoms with van der Waals surface area (Å²) < 4.78 is 0.475. The van der Waals surface area contributed by atoms with E-state index in [9.17, 15) is 19.5 Å². The highest BCUT2D eigenvalue weighted by Crippen LogP contribution is 2.51. The number of rotatable bonds is 4. The predicted molar refractivity (Wildman–Crippen MR) is 148 cm³/mol. The third-order valence-electron chi connectivity index (χ3n) is 6.32. The summed E-state index contributed by atoms with van der Waals surface area (Å²) in [6.07, 6.45) is 6.31. The highest BCUT2D eigenvalue weighted by molar-refractivity contribution is 14.1. The van der Waals surface area contributed by atoms with Crippen molar-refractivity contribution in [3.05, 3.63) is 92.6 Å². The molecule has 4 rings (SSSR count). The largest absolute Gasteiger partial charge is 0.507 e. The molecule has 2 aromatic carbocycles. The SMILES string of the molecule is Cc1cc(C(C(=O)NC(C)(C)C)N2C(=O)C(I)=C(c3ccccc3)C23C=CC(=O)C=C3)cc(C)c1O. The molecule has 1 atom stereocenters. The molecule has 1 unspecified atom stereocenters. The quantitative estimate of drug-likeness (QED) is 0.482.